The average Bonchev–Trinajstić information content (AvgIpc) is 2.29. The lowest BCUT2D eigenvalue weighted by Gasteiger charge is -2.23. The first-order valence-electron chi connectivity index (χ1n) is 5.93. The number of nitrogens with one attached hydrogen (secondary N) is 1. The standard InChI is InChI=1S/C13H17F4NOS/c1-12(19,8-20-2)7-18-6-9-3-4-10(14)5-11(9)13(15,16)17/h3-5,18-19H,6-8H2,1-2H3. The molecule has 0 amide bonds. The van der Waals surface area contributed by atoms with E-state index in [0.29, 0.717) is 11.8 Å². The second kappa shape index (κ2) is 6.78. The fourth-order valence-electron chi connectivity index (χ4n) is 1.80. The van der Waals surface area contributed by atoms with Gasteiger partial charge >= 0.3 is 6.18 Å². The number of thioether (sulfide) groups is 1. The van der Waals surface area contributed by atoms with Gasteiger partial charge in [-0.25, -0.2) is 4.39 Å². The Balaban J connectivity index is 2.74. The molecule has 0 aliphatic rings. The minimum Gasteiger partial charge on any atom is -0.388 e. The van der Waals surface area contributed by atoms with Gasteiger partial charge in [-0.1, -0.05) is 6.07 Å². The molecule has 7 heteroatoms. The summed E-state index contributed by atoms with van der Waals surface area (Å²) in [5.41, 5.74) is -2.04. The minimum absolute atomic E-state index is 0.0427. The average molecular weight is 311 g/mol. The molecule has 20 heavy (non-hydrogen) atoms. The summed E-state index contributed by atoms with van der Waals surface area (Å²) in [7, 11) is 0. The summed E-state index contributed by atoms with van der Waals surface area (Å²) in [4.78, 5) is 0. The Bertz CT molecular complexity index is 448. The first kappa shape index (κ1) is 17.3. The molecule has 0 radical (unpaired) electrons. The lowest BCUT2D eigenvalue weighted by atomic mass is 10.1. The molecule has 114 valence electrons. The third-order valence-electron chi connectivity index (χ3n) is 2.65. The summed E-state index contributed by atoms with van der Waals surface area (Å²) in [5.74, 6) is -0.453. The van der Waals surface area contributed by atoms with Crippen LogP contribution in [0.15, 0.2) is 18.2 Å². The second-order valence-corrected chi connectivity index (χ2v) is 5.70. The van der Waals surface area contributed by atoms with Gasteiger partial charge in [-0.05, 0) is 30.9 Å². The molecule has 1 atom stereocenters. The highest BCUT2D eigenvalue weighted by atomic mass is 32.2. The molecule has 1 aromatic carbocycles. The Labute approximate surface area is 119 Å². The van der Waals surface area contributed by atoms with E-state index >= 15 is 0 Å². The van der Waals surface area contributed by atoms with E-state index in [1.807, 2.05) is 6.26 Å². The largest absolute Gasteiger partial charge is 0.416 e. The van der Waals surface area contributed by atoms with Crippen LogP contribution < -0.4 is 5.32 Å². The van der Waals surface area contributed by atoms with E-state index in [1.54, 1.807) is 6.92 Å². The smallest absolute Gasteiger partial charge is 0.388 e. The van der Waals surface area contributed by atoms with Crippen LogP contribution >= 0.6 is 11.8 Å². The van der Waals surface area contributed by atoms with E-state index in [9.17, 15) is 22.7 Å². The van der Waals surface area contributed by atoms with Crippen LogP contribution in [0.3, 0.4) is 0 Å². The lowest BCUT2D eigenvalue weighted by Crippen LogP contribution is -2.39. The van der Waals surface area contributed by atoms with Crippen molar-refractivity contribution >= 4 is 11.8 Å². The number of benzene rings is 1. The predicted octanol–water partition coefficient (Wildman–Crippen LogP) is 3.05. The summed E-state index contributed by atoms with van der Waals surface area (Å²) in [6.45, 7) is 1.67. The zero-order chi connectivity index (χ0) is 15.4. The Morgan fingerprint density at radius 3 is 2.50 bits per heavy atom. The van der Waals surface area contributed by atoms with Gasteiger partial charge in [0.2, 0.25) is 0 Å². The van der Waals surface area contributed by atoms with Crippen molar-refractivity contribution in [3.05, 3.63) is 35.1 Å². The summed E-state index contributed by atoms with van der Waals surface area (Å²) in [5, 5.41) is 12.7. The number of alkyl halides is 3. The molecule has 2 nitrogen and oxygen atoms in total. The summed E-state index contributed by atoms with van der Waals surface area (Å²) in [6.07, 6.45) is -2.77. The molecule has 1 rings (SSSR count). The third kappa shape index (κ3) is 5.30. The zero-order valence-corrected chi connectivity index (χ0v) is 12.0. The normalized spacial score (nSPS) is 15.2. The monoisotopic (exact) mass is 311 g/mol. The molecule has 0 spiro atoms. The van der Waals surface area contributed by atoms with E-state index in [-0.39, 0.29) is 18.7 Å². The summed E-state index contributed by atoms with van der Waals surface area (Å²) >= 11 is 1.44. The van der Waals surface area contributed by atoms with Crippen molar-refractivity contribution in [2.75, 3.05) is 18.6 Å². The SMILES string of the molecule is CSCC(C)(O)CNCc1ccc(F)cc1C(F)(F)F. The van der Waals surface area contributed by atoms with Gasteiger partial charge in [-0.3, -0.25) is 0 Å². The fourth-order valence-corrected chi connectivity index (χ4v) is 2.52. The highest BCUT2D eigenvalue weighted by Gasteiger charge is 2.33. The number of halogens is 4. The molecular formula is C13H17F4NOS. The van der Waals surface area contributed by atoms with Crippen molar-refractivity contribution in [2.24, 2.45) is 0 Å². The number of rotatable bonds is 6. The predicted molar refractivity (Wildman–Crippen MR) is 72.1 cm³/mol. The maximum absolute atomic E-state index is 12.9. The molecule has 0 aliphatic carbocycles. The van der Waals surface area contributed by atoms with Gasteiger partial charge in [0, 0.05) is 18.8 Å². The van der Waals surface area contributed by atoms with Gasteiger partial charge in [0.1, 0.15) is 5.82 Å². The second-order valence-electron chi connectivity index (χ2n) is 4.83. The van der Waals surface area contributed by atoms with Gasteiger partial charge in [0.25, 0.3) is 0 Å². The molecule has 0 fully saturated rings. The quantitative estimate of drug-likeness (QED) is 0.792. The Morgan fingerprint density at radius 1 is 1.30 bits per heavy atom. The molecule has 2 N–H and O–H groups in total. The highest BCUT2D eigenvalue weighted by molar-refractivity contribution is 7.98. The van der Waals surface area contributed by atoms with Crippen LogP contribution in [-0.2, 0) is 12.7 Å². The fraction of sp³-hybridized carbons (Fsp3) is 0.538. The van der Waals surface area contributed by atoms with Gasteiger partial charge < -0.3 is 10.4 Å². The van der Waals surface area contributed by atoms with Gasteiger partial charge in [0.05, 0.1) is 11.2 Å². The molecule has 0 heterocycles. The van der Waals surface area contributed by atoms with E-state index in [0.717, 1.165) is 12.1 Å². The maximum Gasteiger partial charge on any atom is 0.416 e. The van der Waals surface area contributed by atoms with Gasteiger partial charge in [-0.2, -0.15) is 24.9 Å². The van der Waals surface area contributed by atoms with Crippen LogP contribution in [-0.4, -0.2) is 29.3 Å². The maximum atomic E-state index is 12.9. The van der Waals surface area contributed by atoms with Crippen LogP contribution in [0.2, 0.25) is 0 Å². The topological polar surface area (TPSA) is 32.3 Å². The van der Waals surface area contributed by atoms with E-state index in [1.165, 1.54) is 11.8 Å². The first-order valence-corrected chi connectivity index (χ1v) is 7.33. The Kier molecular flexibility index (Phi) is 5.85. The number of hydrogen-bond donors (Lipinski definition) is 2. The Hall–Kier alpha value is -0.790. The molecule has 1 aromatic rings. The van der Waals surface area contributed by atoms with Crippen LogP contribution in [0, 0.1) is 5.82 Å². The van der Waals surface area contributed by atoms with Crippen molar-refractivity contribution in [3.63, 3.8) is 0 Å². The number of hydrogen-bond acceptors (Lipinski definition) is 3. The van der Waals surface area contributed by atoms with E-state index in [4.69, 9.17) is 0 Å². The van der Waals surface area contributed by atoms with Crippen molar-refractivity contribution in [1.29, 1.82) is 0 Å². The Morgan fingerprint density at radius 2 is 1.95 bits per heavy atom. The molecule has 0 aliphatic heterocycles. The minimum atomic E-state index is -4.60. The van der Waals surface area contributed by atoms with Crippen molar-refractivity contribution < 1.29 is 22.7 Å². The van der Waals surface area contributed by atoms with E-state index < -0.39 is 23.2 Å². The molecule has 0 saturated carbocycles. The first-order chi connectivity index (χ1) is 9.15. The zero-order valence-electron chi connectivity index (χ0n) is 11.2. The lowest BCUT2D eigenvalue weighted by molar-refractivity contribution is -0.138. The van der Waals surface area contributed by atoms with Crippen LogP contribution in [0.5, 0.6) is 0 Å². The molecule has 0 saturated heterocycles. The third-order valence-corrected chi connectivity index (χ3v) is 3.56. The van der Waals surface area contributed by atoms with Crippen molar-refractivity contribution in [1.82, 2.24) is 5.32 Å². The van der Waals surface area contributed by atoms with Crippen molar-refractivity contribution in [2.45, 2.75) is 25.2 Å². The summed E-state index contributed by atoms with van der Waals surface area (Å²) < 4.78 is 51.2. The molecule has 1 unspecified atom stereocenters. The molecule has 0 aromatic heterocycles. The van der Waals surface area contributed by atoms with E-state index in [2.05, 4.69) is 5.32 Å². The highest BCUT2D eigenvalue weighted by Crippen LogP contribution is 2.32. The van der Waals surface area contributed by atoms with Gasteiger partial charge in [-0.15, -0.1) is 0 Å². The molecular weight excluding hydrogens is 294 g/mol. The van der Waals surface area contributed by atoms with Crippen LogP contribution in [0.4, 0.5) is 17.6 Å². The number of aliphatic hydroxyl groups is 1. The summed E-state index contributed by atoms with van der Waals surface area (Å²) in [6, 6.07) is 2.58. The molecule has 0 bridgehead atoms. The van der Waals surface area contributed by atoms with Gasteiger partial charge in [0.15, 0.2) is 0 Å². The van der Waals surface area contributed by atoms with Crippen LogP contribution in [0.1, 0.15) is 18.1 Å². The van der Waals surface area contributed by atoms with Crippen LogP contribution in [0.25, 0.3) is 0 Å². The van der Waals surface area contributed by atoms with Crippen molar-refractivity contribution in [3.8, 4) is 0 Å².